The van der Waals surface area contributed by atoms with Crippen LogP contribution in [-0.2, 0) is 24.7 Å². The topological polar surface area (TPSA) is 126 Å². The maximum Gasteiger partial charge on any atom is 0.291 e. The second-order valence-electron chi connectivity index (χ2n) is 7.70. The largest absolute Gasteiger partial charge is 0.369 e. The zero-order valence-electron chi connectivity index (χ0n) is 15.4. The number of fused-ring (bicyclic) bond motifs is 4. The molecule has 1 spiro atoms. The number of carbonyl (C=O) groups is 4. The molecule has 0 aliphatic carbocycles. The van der Waals surface area contributed by atoms with Crippen LogP contribution in [0.3, 0.4) is 0 Å². The molecule has 4 atom stereocenters. The highest BCUT2D eigenvalue weighted by Crippen LogP contribution is 2.49. The lowest BCUT2D eigenvalue weighted by atomic mass is 9.76. The van der Waals surface area contributed by atoms with Crippen molar-refractivity contribution in [1.82, 2.24) is 4.90 Å². The third-order valence-corrected chi connectivity index (χ3v) is 6.09. The van der Waals surface area contributed by atoms with Crippen LogP contribution in [0.1, 0.15) is 31.7 Å². The molecule has 2 fully saturated rings. The van der Waals surface area contributed by atoms with E-state index in [0.29, 0.717) is 17.7 Å². The number of hydrogen-bond donors (Lipinski definition) is 3. The van der Waals surface area contributed by atoms with E-state index >= 15 is 0 Å². The zero-order valence-corrected chi connectivity index (χ0v) is 15.4. The predicted octanol–water partition coefficient (Wildman–Crippen LogP) is -0.805. The van der Waals surface area contributed by atoms with Crippen LogP contribution in [0.4, 0.5) is 10.1 Å². The number of likely N-dealkylation sites (tertiary alicyclic amines) is 1. The Bertz CT molecular complexity index is 904. The molecule has 0 bridgehead atoms. The van der Waals surface area contributed by atoms with Gasteiger partial charge in [0.25, 0.3) is 5.91 Å². The summed E-state index contributed by atoms with van der Waals surface area (Å²) in [5, 5.41) is 4.27. The first-order valence-electron chi connectivity index (χ1n) is 9.42. The number of nitrogens with zero attached hydrogens (tertiary/aromatic N) is 1. The Morgan fingerprint density at radius 1 is 1.32 bits per heavy atom. The molecular weight excluding hydrogens is 367 g/mol. The maximum atomic E-state index is 14.0. The Morgan fingerprint density at radius 3 is 2.75 bits per heavy atom. The first kappa shape index (κ1) is 18.5. The number of imide groups is 1. The number of amides is 4. The molecule has 5 N–H and O–H groups in total. The van der Waals surface area contributed by atoms with E-state index in [9.17, 15) is 23.6 Å². The Hall–Kier alpha value is -2.81. The predicted molar refractivity (Wildman–Crippen MR) is 94.8 cm³/mol. The van der Waals surface area contributed by atoms with Gasteiger partial charge in [0.2, 0.25) is 23.3 Å². The van der Waals surface area contributed by atoms with Crippen molar-refractivity contribution in [2.45, 2.75) is 37.8 Å². The number of quaternary nitrogens is 1. The second kappa shape index (κ2) is 6.37. The third-order valence-electron chi connectivity index (χ3n) is 6.09. The molecule has 0 radical (unpaired) electrons. The van der Waals surface area contributed by atoms with Gasteiger partial charge in [0.15, 0.2) is 0 Å². The minimum atomic E-state index is -1.48. The molecule has 0 saturated carbocycles. The van der Waals surface area contributed by atoms with Gasteiger partial charge in [0.05, 0.1) is 12.1 Å². The number of anilines is 1. The van der Waals surface area contributed by atoms with Gasteiger partial charge < -0.3 is 16.4 Å². The van der Waals surface area contributed by atoms with Gasteiger partial charge >= 0.3 is 0 Å². The number of nitrogens with two attached hydrogens (primary N) is 2. The van der Waals surface area contributed by atoms with Crippen LogP contribution >= 0.6 is 0 Å². The maximum absolute atomic E-state index is 14.0. The highest BCUT2D eigenvalue weighted by molar-refractivity contribution is 6.14. The fraction of sp³-hybridized carbons (Fsp3) is 0.474. The summed E-state index contributed by atoms with van der Waals surface area (Å²) in [6.07, 6.45) is 1.29. The van der Waals surface area contributed by atoms with Gasteiger partial charge in [-0.15, -0.1) is 0 Å². The lowest BCUT2D eigenvalue weighted by Gasteiger charge is -2.26. The van der Waals surface area contributed by atoms with Crippen molar-refractivity contribution in [3.8, 4) is 0 Å². The number of unbranched alkanes of at least 4 members (excludes halogenated alkanes) is 1. The molecule has 3 aliphatic heterocycles. The molecule has 4 amide bonds. The summed E-state index contributed by atoms with van der Waals surface area (Å²) in [6, 6.07) is 3.23. The lowest BCUT2D eigenvalue weighted by Crippen LogP contribution is -2.99. The van der Waals surface area contributed by atoms with Crippen molar-refractivity contribution >= 4 is 29.3 Å². The molecule has 3 heterocycles. The van der Waals surface area contributed by atoms with E-state index in [4.69, 9.17) is 5.73 Å². The SMILES string of the molecule is CCCCN1C(=O)[C@@H]2[C@H](CC(N)=O)[NH2+][C@]3(C(=O)Nc4ccc(F)cc43)[C@@H]2C1=O. The minimum absolute atomic E-state index is 0.151. The Morgan fingerprint density at radius 2 is 2.07 bits per heavy atom. The molecule has 28 heavy (non-hydrogen) atoms. The van der Waals surface area contributed by atoms with Gasteiger partial charge in [0.1, 0.15) is 23.7 Å². The lowest BCUT2D eigenvalue weighted by molar-refractivity contribution is -0.732. The molecule has 1 aromatic carbocycles. The summed E-state index contributed by atoms with van der Waals surface area (Å²) >= 11 is 0. The third kappa shape index (κ3) is 2.39. The smallest absolute Gasteiger partial charge is 0.291 e. The number of carbonyl (C=O) groups excluding carboxylic acids is 4. The van der Waals surface area contributed by atoms with Crippen LogP contribution in [-0.4, -0.2) is 41.1 Å². The molecule has 8 nitrogen and oxygen atoms in total. The summed E-state index contributed by atoms with van der Waals surface area (Å²) in [7, 11) is 0. The molecule has 148 valence electrons. The number of primary amides is 1. The van der Waals surface area contributed by atoms with Crippen molar-refractivity contribution in [3.05, 3.63) is 29.6 Å². The van der Waals surface area contributed by atoms with E-state index in [1.165, 1.54) is 23.1 Å². The summed E-state index contributed by atoms with van der Waals surface area (Å²) in [4.78, 5) is 52.1. The van der Waals surface area contributed by atoms with Crippen LogP contribution < -0.4 is 16.4 Å². The number of hydrogen-bond acceptors (Lipinski definition) is 4. The number of nitrogens with one attached hydrogen (secondary N) is 1. The van der Waals surface area contributed by atoms with Crippen LogP contribution in [0.15, 0.2) is 18.2 Å². The molecule has 4 rings (SSSR count). The summed E-state index contributed by atoms with van der Waals surface area (Å²) in [5.74, 6) is -4.33. The molecule has 2 saturated heterocycles. The Balaban J connectivity index is 1.85. The normalized spacial score (nSPS) is 30.7. The van der Waals surface area contributed by atoms with Gasteiger partial charge in [-0.1, -0.05) is 13.3 Å². The van der Waals surface area contributed by atoms with E-state index in [-0.39, 0.29) is 18.9 Å². The van der Waals surface area contributed by atoms with Gasteiger partial charge in [0, 0.05) is 12.1 Å². The fourth-order valence-electron chi connectivity index (χ4n) is 4.95. The Labute approximate surface area is 160 Å². The van der Waals surface area contributed by atoms with Crippen LogP contribution in [0.5, 0.6) is 0 Å². The number of rotatable bonds is 5. The number of halogens is 1. The van der Waals surface area contributed by atoms with Crippen LogP contribution in [0.25, 0.3) is 0 Å². The van der Waals surface area contributed by atoms with E-state index in [1.807, 2.05) is 6.92 Å². The standard InChI is InChI=1S/C19H21FN4O4/c1-2-3-6-24-16(26)14-12(8-13(21)25)23-19(15(14)17(24)27)10-7-9(20)4-5-11(10)22-18(19)28/h4-5,7,12,14-15,23H,2-3,6,8H2,1H3,(H2,21,25)(H,22,28)/p+1/t12-,14+,15-,19-/m0/s1. The quantitative estimate of drug-likeness (QED) is 0.570. The molecular formula is C19H22FN4O4+. The first-order valence-corrected chi connectivity index (χ1v) is 9.42. The van der Waals surface area contributed by atoms with Crippen molar-refractivity contribution < 1.29 is 28.9 Å². The van der Waals surface area contributed by atoms with E-state index < -0.39 is 47.0 Å². The van der Waals surface area contributed by atoms with E-state index in [0.717, 1.165) is 6.42 Å². The van der Waals surface area contributed by atoms with Crippen LogP contribution in [0.2, 0.25) is 0 Å². The highest BCUT2D eigenvalue weighted by atomic mass is 19.1. The summed E-state index contributed by atoms with van der Waals surface area (Å²) < 4.78 is 14.0. The molecule has 0 aromatic heterocycles. The van der Waals surface area contributed by atoms with Crippen LogP contribution in [0, 0.1) is 17.7 Å². The Kier molecular flexibility index (Phi) is 4.22. The van der Waals surface area contributed by atoms with Crippen molar-refractivity contribution in [3.63, 3.8) is 0 Å². The van der Waals surface area contributed by atoms with Gasteiger partial charge in [-0.2, -0.15) is 0 Å². The monoisotopic (exact) mass is 389 g/mol. The van der Waals surface area contributed by atoms with Gasteiger partial charge in [-0.3, -0.25) is 24.1 Å². The average molecular weight is 389 g/mol. The average Bonchev–Trinajstić information content (AvgIpc) is 3.19. The summed E-state index contributed by atoms with van der Waals surface area (Å²) in [5.41, 5.74) is 4.63. The number of benzene rings is 1. The molecule has 9 heteroatoms. The molecule has 3 aliphatic rings. The van der Waals surface area contributed by atoms with Gasteiger partial charge in [-0.05, 0) is 24.6 Å². The second-order valence-corrected chi connectivity index (χ2v) is 7.70. The summed E-state index contributed by atoms with van der Waals surface area (Å²) in [6.45, 7) is 2.21. The van der Waals surface area contributed by atoms with E-state index in [2.05, 4.69) is 5.32 Å². The first-order chi connectivity index (χ1) is 13.3. The van der Waals surface area contributed by atoms with Gasteiger partial charge in [-0.25, -0.2) is 4.39 Å². The fourth-order valence-corrected chi connectivity index (χ4v) is 4.95. The highest BCUT2D eigenvalue weighted by Gasteiger charge is 2.74. The van der Waals surface area contributed by atoms with E-state index in [1.54, 1.807) is 5.32 Å². The minimum Gasteiger partial charge on any atom is -0.369 e. The molecule has 1 aromatic rings. The molecule has 0 unspecified atom stereocenters. The zero-order chi connectivity index (χ0) is 20.2. The van der Waals surface area contributed by atoms with Crippen molar-refractivity contribution in [2.75, 3.05) is 11.9 Å². The van der Waals surface area contributed by atoms with Crippen molar-refractivity contribution in [1.29, 1.82) is 0 Å². The van der Waals surface area contributed by atoms with Crippen molar-refractivity contribution in [2.24, 2.45) is 17.6 Å².